The molecule has 1 fully saturated rings. The van der Waals surface area contributed by atoms with E-state index in [9.17, 15) is 5.11 Å². The van der Waals surface area contributed by atoms with E-state index in [1.54, 1.807) is 16.9 Å². The number of nitriles is 1. The van der Waals surface area contributed by atoms with E-state index in [1.165, 1.54) is 6.20 Å². The Bertz CT molecular complexity index is 661. The van der Waals surface area contributed by atoms with Crippen molar-refractivity contribution in [2.75, 3.05) is 5.32 Å². The Morgan fingerprint density at radius 3 is 3.05 bits per heavy atom. The summed E-state index contributed by atoms with van der Waals surface area (Å²) in [5.41, 5.74) is 1.36. The Kier molecular flexibility index (Phi) is 3.08. The molecule has 7 nitrogen and oxygen atoms in total. The molecule has 0 spiro atoms. The summed E-state index contributed by atoms with van der Waals surface area (Å²) >= 11 is 0. The third-order valence-corrected chi connectivity index (χ3v) is 3.42. The predicted octanol–water partition coefficient (Wildman–Crippen LogP) is 0.640. The van der Waals surface area contributed by atoms with Gasteiger partial charge in [0.05, 0.1) is 24.4 Å². The van der Waals surface area contributed by atoms with Crippen molar-refractivity contribution in [1.29, 1.82) is 5.26 Å². The zero-order valence-electron chi connectivity index (χ0n) is 10.9. The lowest BCUT2D eigenvalue weighted by Crippen LogP contribution is -2.51. The molecule has 0 bridgehead atoms. The Morgan fingerprint density at radius 2 is 2.40 bits per heavy atom. The standard InChI is InChI=1S/C13H14N6O/c1-8-6-16-19(7-8)12-10(4-11(12)20)18-13-15-3-2-9(5-14)17-13/h2-3,6-7,10-12,20H,4H2,1H3,(H,15,17,18)/t10-,11+,12+/m0/s1. The summed E-state index contributed by atoms with van der Waals surface area (Å²) in [4.78, 5) is 8.16. The molecule has 0 radical (unpaired) electrons. The normalized spacial score (nSPS) is 24.8. The van der Waals surface area contributed by atoms with Gasteiger partial charge in [-0.15, -0.1) is 0 Å². The Hall–Kier alpha value is -2.46. The molecule has 7 heteroatoms. The molecule has 20 heavy (non-hydrogen) atoms. The molecule has 2 N–H and O–H groups in total. The molecule has 1 aliphatic rings. The lowest BCUT2D eigenvalue weighted by molar-refractivity contribution is 0.0131. The van der Waals surface area contributed by atoms with Gasteiger partial charge < -0.3 is 10.4 Å². The number of anilines is 1. The highest BCUT2D eigenvalue weighted by molar-refractivity contribution is 5.33. The summed E-state index contributed by atoms with van der Waals surface area (Å²) < 4.78 is 1.76. The van der Waals surface area contributed by atoms with Crippen molar-refractivity contribution in [1.82, 2.24) is 19.7 Å². The number of nitrogens with zero attached hydrogens (tertiary/aromatic N) is 5. The van der Waals surface area contributed by atoms with Crippen LogP contribution in [0, 0.1) is 18.3 Å². The van der Waals surface area contributed by atoms with Crippen molar-refractivity contribution < 1.29 is 5.11 Å². The summed E-state index contributed by atoms with van der Waals surface area (Å²) in [6.07, 6.45) is 5.36. The maximum Gasteiger partial charge on any atom is 0.224 e. The monoisotopic (exact) mass is 270 g/mol. The van der Waals surface area contributed by atoms with E-state index in [1.807, 2.05) is 19.2 Å². The van der Waals surface area contributed by atoms with Crippen molar-refractivity contribution in [3.8, 4) is 6.07 Å². The highest BCUT2D eigenvalue weighted by atomic mass is 16.3. The number of aliphatic hydroxyl groups excluding tert-OH is 1. The number of aromatic nitrogens is 4. The lowest BCUT2D eigenvalue weighted by atomic mass is 9.83. The van der Waals surface area contributed by atoms with Crippen LogP contribution >= 0.6 is 0 Å². The van der Waals surface area contributed by atoms with Gasteiger partial charge >= 0.3 is 0 Å². The Balaban J connectivity index is 1.76. The molecule has 0 unspecified atom stereocenters. The van der Waals surface area contributed by atoms with Crippen LogP contribution in [0.25, 0.3) is 0 Å². The molecule has 1 aliphatic carbocycles. The molecule has 0 saturated heterocycles. The first kappa shape index (κ1) is 12.6. The van der Waals surface area contributed by atoms with Gasteiger partial charge in [0.1, 0.15) is 11.8 Å². The van der Waals surface area contributed by atoms with E-state index in [-0.39, 0.29) is 12.1 Å². The van der Waals surface area contributed by atoms with Crippen molar-refractivity contribution in [3.63, 3.8) is 0 Å². The number of nitrogens with one attached hydrogen (secondary N) is 1. The third kappa shape index (κ3) is 2.21. The first-order valence-electron chi connectivity index (χ1n) is 6.36. The van der Waals surface area contributed by atoms with Crippen LogP contribution in [0.3, 0.4) is 0 Å². The second-order valence-corrected chi connectivity index (χ2v) is 4.92. The van der Waals surface area contributed by atoms with Crippen LogP contribution in [0.2, 0.25) is 0 Å². The fraction of sp³-hybridized carbons (Fsp3) is 0.385. The molecule has 3 rings (SSSR count). The van der Waals surface area contributed by atoms with E-state index < -0.39 is 6.10 Å². The minimum absolute atomic E-state index is 0.00163. The van der Waals surface area contributed by atoms with Crippen LogP contribution in [0.1, 0.15) is 23.7 Å². The van der Waals surface area contributed by atoms with Crippen LogP contribution < -0.4 is 5.32 Å². The fourth-order valence-corrected chi connectivity index (χ4v) is 2.37. The van der Waals surface area contributed by atoms with Crippen molar-refractivity contribution >= 4 is 5.95 Å². The molecule has 2 aromatic rings. The Labute approximate surface area is 115 Å². The summed E-state index contributed by atoms with van der Waals surface area (Å²) in [5.74, 6) is 0.398. The summed E-state index contributed by atoms with van der Waals surface area (Å²) in [7, 11) is 0. The molecule has 0 amide bonds. The Morgan fingerprint density at radius 1 is 1.55 bits per heavy atom. The number of rotatable bonds is 3. The zero-order chi connectivity index (χ0) is 14.1. The molecule has 3 atom stereocenters. The maximum absolute atomic E-state index is 9.93. The first-order chi connectivity index (χ1) is 9.67. The largest absolute Gasteiger partial charge is 0.391 e. The fourth-order valence-electron chi connectivity index (χ4n) is 2.37. The third-order valence-electron chi connectivity index (χ3n) is 3.42. The van der Waals surface area contributed by atoms with E-state index in [4.69, 9.17) is 5.26 Å². The SMILES string of the molecule is Cc1cnn([C@H]2[C@H](O)C[C@@H]2Nc2nccc(C#N)n2)c1. The average molecular weight is 270 g/mol. The lowest BCUT2D eigenvalue weighted by Gasteiger charge is -2.41. The van der Waals surface area contributed by atoms with Crippen molar-refractivity contribution in [2.24, 2.45) is 0 Å². The van der Waals surface area contributed by atoms with Gasteiger partial charge in [-0.1, -0.05) is 0 Å². The van der Waals surface area contributed by atoms with Gasteiger partial charge in [-0.25, -0.2) is 9.97 Å². The van der Waals surface area contributed by atoms with Gasteiger partial charge in [-0.05, 0) is 25.0 Å². The minimum atomic E-state index is -0.439. The number of hydrogen-bond acceptors (Lipinski definition) is 6. The van der Waals surface area contributed by atoms with Crippen molar-refractivity contribution in [2.45, 2.75) is 31.5 Å². The van der Waals surface area contributed by atoms with Gasteiger partial charge in [0.15, 0.2) is 0 Å². The second-order valence-electron chi connectivity index (χ2n) is 4.92. The van der Waals surface area contributed by atoms with Crippen LogP contribution in [0.15, 0.2) is 24.7 Å². The van der Waals surface area contributed by atoms with E-state index in [0.29, 0.717) is 18.1 Å². The van der Waals surface area contributed by atoms with Crippen LogP contribution in [0.4, 0.5) is 5.95 Å². The van der Waals surface area contributed by atoms with Crippen LogP contribution in [-0.2, 0) is 0 Å². The highest BCUT2D eigenvalue weighted by Gasteiger charge is 2.42. The molecule has 2 aromatic heterocycles. The molecular weight excluding hydrogens is 256 g/mol. The minimum Gasteiger partial charge on any atom is -0.391 e. The topological polar surface area (TPSA) is 99.6 Å². The van der Waals surface area contributed by atoms with Crippen LogP contribution in [-0.4, -0.2) is 37.0 Å². The quantitative estimate of drug-likeness (QED) is 0.849. The number of hydrogen-bond donors (Lipinski definition) is 2. The molecule has 2 heterocycles. The van der Waals surface area contributed by atoms with Crippen LogP contribution in [0.5, 0.6) is 0 Å². The van der Waals surface area contributed by atoms with E-state index in [2.05, 4.69) is 20.4 Å². The van der Waals surface area contributed by atoms with Crippen molar-refractivity contribution in [3.05, 3.63) is 35.9 Å². The van der Waals surface area contributed by atoms with Gasteiger partial charge in [-0.3, -0.25) is 4.68 Å². The molecule has 102 valence electrons. The maximum atomic E-state index is 9.93. The summed E-state index contributed by atoms with van der Waals surface area (Å²) in [6.45, 7) is 1.95. The van der Waals surface area contributed by atoms with Gasteiger partial charge in [0.2, 0.25) is 5.95 Å². The van der Waals surface area contributed by atoms with Gasteiger partial charge in [0, 0.05) is 12.4 Å². The molecular formula is C13H14N6O. The first-order valence-corrected chi connectivity index (χ1v) is 6.36. The summed E-state index contributed by atoms with van der Waals surface area (Å²) in [5, 5.41) is 26.1. The second kappa shape index (κ2) is 4.90. The molecule has 1 saturated carbocycles. The highest BCUT2D eigenvalue weighted by Crippen LogP contribution is 2.34. The van der Waals surface area contributed by atoms with E-state index in [0.717, 1.165) is 5.56 Å². The molecule has 0 aromatic carbocycles. The number of aliphatic hydroxyl groups is 1. The predicted molar refractivity (Wildman–Crippen MR) is 70.8 cm³/mol. The van der Waals surface area contributed by atoms with E-state index >= 15 is 0 Å². The number of aryl methyl sites for hydroxylation is 1. The van der Waals surface area contributed by atoms with Gasteiger partial charge in [-0.2, -0.15) is 10.4 Å². The smallest absolute Gasteiger partial charge is 0.224 e. The average Bonchev–Trinajstić information content (AvgIpc) is 2.84. The molecule has 0 aliphatic heterocycles. The zero-order valence-corrected chi connectivity index (χ0v) is 10.9. The summed E-state index contributed by atoms with van der Waals surface area (Å²) in [6, 6.07) is 3.38. The van der Waals surface area contributed by atoms with Gasteiger partial charge in [0.25, 0.3) is 0 Å².